The fourth-order valence-corrected chi connectivity index (χ4v) is 4.42. The van der Waals surface area contributed by atoms with Crippen molar-refractivity contribution in [2.75, 3.05) is 6.61 Å². The zero-order valence-corrected chi connectivity index (χ0v) is 20.2. The average molecular weight is 498 g/mol. The van der Waals surface area contributed by atoms with Crippen molar-refractivity contribution >= 4 is 46.6 Å². The summed E-state index contributed by atoms with van der Waals surface area (Å²) in [4.78, 5) is 27.9. The van der Waals surface area contributed by atoms with Gasteiger partial charge in [-0.25, -0.2) is 0 Å². The van der Waals surface area contributed by atoms with Gasteiger partial charge in [-0.3, -0.25) is 9.59 Å². The zero-order valence-electron chi connectivity index (χ0n) is 18.0. The molecule has 0 radical (unpaired) electrons. The second kappa shape index (κ2) is 11.8. The summed E-state index contributed by atoms with van der Waals surface area (Å²) >= 11 is 18.4. The van der Waals surface area contributed by atoms with Crippen LogP contribution in [-0.4, -0.2) is 35.4 Å². The molecule has 0 spiro atoms. The Morgan fingerprint density at radius 1 is 1.06 bits per heavy atom. The molecule has 0 aliphatic heterocycles. The molecule has 2 aromatic carbocycles. The van der Waals surface area contributed by atoms with E-state index < -0.39 is 6.04 Å². The van der Waals surface area contributed by atoms with Gasteiger partial charge in [-0.15, -0.1) is 0 Å². The number of nitrogens with one attached hydrogen (secondary N) is 1. The largest absolute Gasteiger partial charge is 0.482 e. The standard InChI is InChI=1S/C24H27Cl3N2O3/c1-2-21(24(31)28-17-7-3-4-8-17)29(14-16-11-12-18(25)20(27)13-16)23(30)15-32-22-10-6-5-9-19(22)26/h5-6,9-13,17,21H,2-4,7-8,14-15H2,1H3,(H,28,31)/t21-/m0/s1. The number of ether oxygens (including phenoxy) is 1. The molecule has 2 amide bonds. The summed E-state index contributed by atoms with van der Waals surface area (Å²) in [6.45, 7) is 1.86. The Hall–Kier alpha value is -1.95. The lowest BCUT2D eigenvalue weighted by Crippen LogP contribution is -2.52. The molecular weight excluding hydrogens is 471 g/mol. The van der Waals surface area contributed by atoms with E-state index in [1.165, 1.54) is 0 Å². The second-order valence-corrected chi connectivity index (χ2v) is 9.12. The SMILES string of the molecule is CC[C@@H](C(=O)NC1CCCC1)N(Cc1ccc(Cl)c(Cl)c1)C(=O)COc1ccccc1Cl. The first-order chi connectivity index (χ1) is 15.4. The quantitative estimate of drug-likeness (QED) is 0.470. The maximum Gasteiger partial charge on any atom is 0.261 e. The molecule has 0 saturated heterocycles. The number of rotatable bonds is 9. The van der Waals surface area contributed by atoms with Gasteiger partial charge in [0, 0.05) is 12.6 Å². The molecule has 1 atom stereocenters. The summed E-state index contributed by atoms with van der Waals surface area (Å²) in [7, 11) is 0. The van der Waals surface area contributed by atoms with Crippen LogP contribution in [0.5, 0.6) is 5.75 Å². The van der Waals surface area contributed by atoms with Gasteiger partial charge in [-0.05, 0) is 49.1 Å². The number of halogens is 3. The number of benzene rings is 2. The molecule has 1 aliphatic rings. The molecule has 1 aliphatic carbocycles. The van der Waals surface area contributed by atoms with E-state index in [1.54, 1.807) is 47.4 Å². The number of carbonyl (C=O) groups excluding carboxylic acids is 2. The molecule has 0 bridgehead atoms. The average Bonchev–Trinajstić information content (AvgIpc) is 3.28. The minimum Gasteiger partial charge on any atom is -0.482 e. The van der Waals surface area contributed by atoms with Crippen molar-refractivity contribution in [2.45, 2.75) is 57.7 Å². The van der Waals surface area contributed by atoms with E-state index >= 15 is 0 Å². The zero-order chi connectivity index (χ0) is 23.1. The molecule has 32 heavy (non-hydrogen) atoms. The third kappa shape index (κ3) is 6.53. The molecule has 1 saturated carbocycles. The van der Waals surface area contributed by atoms with Crippen molar-refractivity contribution in [3.05, 3.63) is 63.1 Å². The Labute approximate surface area is 204 Å². The molecule has 3 rings (SSSR count). The highest BCUT2D eigenvalue weighted by molar-refractivity contribution is 6.42. The molecule has 1 N–H and O–H groups in total. The maximum absolute atomic E-state index is 13.2. The predicted molar refractivity (Wildman–Crippen MR) is 128 cm³/mol. The van der Waals surface area contributed by atoms with Gasteiger partial charge in [0.2, 0.25) is 5.91 Å². The minimum atomic E-state index is -0.632. The number of amides is 2. The molecule has 2 aromatic rings. The fourth-order valence-electron chi connectivity index (χ4n) is 3.91. The van der Waals surface area contributed by atoms with Crippen LogP contribution < -0.4 is 10.1 Å². The third-order valence-electron chi connectivity index (χ3n) is 5.61. The van der Waals surface area contributed by atoms with Gasteiger partial charge < -0.3 is 15.0 Å². The highest BCUT2D eigenvalue weighted by Gasteiger charge is 2.31. The molecule has 8 heteroatoms. The Kier molecular flexibility index (Phi) is 9.09. The van der Waals surface area contributed by atoms with E-state index in [0.717, 1.165) is 31.2 Å². The van der Waals surface area contributed by atoms with Gasteiger partial charge in [0.1, 0.15) is 11.8 Å². The van der Waals surface area contributed by atoms with Crippen molar-refractivity contribution in [2.24, 2.45) is 0 Å². The highest BCUT2D eigenvalue weighted by atomic mass is 35.5. The summed E-state index contributed by atoms with van der Waals surface area (Å²) in [5, 5.41) is 4.36. The molecule has 5 nitrogen and oxygen atoms in total. The van der Waals surface area contributed by atoms with Crippen molar-refractivity contribution in [3.63, 3.8) is 0 Å². The molecule has 1 fully saturated rings. The summed E-state index contributed by atoms with van der Waals surface area (Å²) < 4.78 is 5.67. The van der Waals surface area contributed by atoms with E-state index in [1.807, 2.05) is 6.92 Å². The number of para-hydroxylation sites is 1. The fraction of sp³-hybridized carbons (Fsp3) is 0.417. The summed E-state index contributed by atoms with van der Waals surface area (Å²) in [5.74, 6) is -0.0459. The lowest BCUT2D eigenvalue weighted by atomic mass is 10.1. The molecular formula is C24H27Cl3N2O3. The second-order valence-electron chi connectivity index (χ2n) is 7.90. The van der Waals surface area contributed by atoms with Crippen LogP contribution in [0.15, 0.2) is 42.5 Å². The smallest absolute Gasteiger partial charge is 0.261 e. The molecule has 0 heterocycles. The van der Waals surface area contributed by atoms with Crippen LogP contribution in [0, 0.1) is 0 Å². The first kappa shape index (κ1) is 24.7. The monoisotopic (exact) mass is 496 g/mol. The van der Waals surface area contributed by atoms with Crippen LogP contribution in [0.3, 0.4) is 0 Å². The number of hydrogen-bond acceptors (Lipinski definition) is 3. The van der Waals surface area contributed by atoms with E-state index in [4.69, 9.17) is 39.5 Å². The predicted octanol–water partition coefficient (Wildman–Crippen LogP) is 5.89. The van der Waals surface area contributed by atoms with Crippen LogP contribution in [0.2, 0.25) is 15.1 Å². The van der Waals surface area contributed by atoms with Crippen molar-refractivity contribution in [3.8, 4) is 5.75 Å². The van der Waals surface area contributed by atoms with Crippen molar-refractivity contribution in [1.29, 1.82) is 0 Å². The number of hydrogen-bond donors (Lipinski definition) is 1. The van der Waals surface area contributed by atoms with Gasteiger partial charge in [-0.1, -0.05) is 72.8 Å². The molecule has 172 valence electrons. The Morgan fingerprint density at radius 3 is 2.44 bits per heavy atom. The lowest BCUT2D eigenvalue weighted by Gasteiger charge is -2.31. The van der Waals surface area contributed by atoms with Crippen LogP contribution in [0.25, 0.3) is 0 Å². The van der Waals surface area contributed by atoms with Crippen LogP contribution >= 0.6 is 34.8 Å². The Morgan fingerprint density at radius 2 is 1.78 bits per heavy atom. The summed E-state index contributed by atoms with van der Waals surface area (Å²) in [6.07, 6.45) is 4.63. The van der Waals surface area contributed by atoms with Gasteiger partial charge in [-0.2, -0.15) is 0 Å². The number of carbonyl (C=O) groups is 2. The van der Waals surface area contributed by atoms with Crippen LogP contribution in [-0.2, 0) is 16.1 Å². The number of nitrogens with zero attached hydrogens (tertiary/aromatic N) is 1. The Bertz CT molecular complexity index is 948. The van der Waals surface area contributed by atoms with E-state index in [0.29, 0.717) is 27.2 Å². The van der Waals surface area contributed by atoms with E-state index in [-0.39, 0.29) is 31.0 Å². The topological polar surface area (TPSA) is 58.6 Å². The summed E-state index contributed by atoms with van der Waals surface area (Å²) in [6, 6.07) is 11.7. The maximum atomic E-state index is 13.2. The normalized spacial score (nSPS) is 14.8. The minimum absolute atomic E-state index is 0.148. The van der Waals surface area contributed by atoms with E-state index in [9.17, 15) is 9.59 Å². The summed E-state index contributed by atoms with van der Waals surface area (Å²) in [5.41, 5.74) is 0.776. The van der Waals surface area contributed by atoms with Gasteiger partial charge >= 0.3 is 0 Å². The third-order valence-corrected chi connectivity index (χ3v) is 6.66. The first-order valence-electron chi connectivity index (χ1n) is 10.8. The van der Waals surface area contributed by atoms with Gasteiger partial charge in [0.15, 0.2) is 6.61 Å². The molecule has 0 unspecified atom stereocenters. The molecule has 0 aromatic heterocycles. The Balaban J connectivity index is 1.79. The highest BCUT2D eigenvalue weighted by Crippen LogP contribution is 2.26. The lowest BCUT2D eigenvalue weighted by molar-refractivity contribution is -0.143. The van der Waals surface area contributed by atoms with Crippen molar-refractivity contribution in [1.82, 2.24) is 10.2 Å². The van der Waals surface area contributed by atoms with Crippen LogP contribution in [0.1, 0.15) is 44.6 Å². The van der Waals surface area contributed by atoms with Gasteiger partial charge in [0.25, 0.3) is 5.91 Å². The van der Waals surface area contributed by atoms with Crippen molar-refractivity contribution < 1.29 is 14.3 Å². The van der Waals surface area contributed by atoms with Crippen LogP contribution in [0.4, 0.5) is 0 Å². The first-order valence-corrected chi connectivity index (χ1v) is 11.9. The van der Waals surface area contributed by atoms with Gasteiger partial charge in [0.05, 0.1) is 15.1 Å². The van der Waals surface area contributed by atoms with E-state index in [2.05, 4.69) is 5.32 Å².